The van der Waals surface area contributed by atoms with Crippen molar-refractivity contribution in [3.8, 4) is 11.5 Å². The number of nitrogens with one attached hydrogen (secondary N) is 2. The maximum absolute atomic E-state index is 5.75. The van der Waals surface area contributed by atoms with E-state index in [-0.39, 0.29) is 24.0 Å². The van der Waals surface area contributed by atoms with E-state index < -0.39 is 0 Å². The summed E-state index contributed by atoms with van der Waals surface area (Å²) in [6.07, 6.45) is 0.908. The Hall–Kier alpha value is -1.22. The highest BCUT2D eigenvalue weighted by Crippen LogP contribution is 2.18. The third kappa shape index (κ3) is 7.73. The Morgan fingerprint density at radius 2 is 1.89 bits per heavy atom. The summed E-state index contributed by atoms with van der Waals surface area (Å²) in [7, 11) is 3.48. The predicted molar refractivity (Wildman–Crippen MR) is 123 cm³/mol. The number of hydrogen-bond acceptors (Lipinski definition) is 4. The Morgan fingerprint density at radius 1 is 1.22 bits per heavy atom. The molecule has 0 aromatic heterocycles. The Bertz CT molecular complexity index is 566. The summed E-state index contributed by atoms with van der Waals surface area (Å²) in [5, 5.41) is 6.95. The van der Waals surface area contributed by atoms with Gasteiger partial charge in [0.05, 0.1) is 13.7 Å². The zero-order valence-corrected chi connectivity index (χ0v) is 19.5. The smallest absolute Gasteiger partial charge is 0.191 e. The van der Waals surface area contributed by atoms with Crippen LogP contribution in [0.2, 0.25) is 0 Å². The number of halogens is 1. The number of likely N-dealkylation sites (tertiary alicyclic amines) is 1. The van der Waals surface area contributed by atoms with Gasteiger partial charge in [0.25, 0.3) is 0 Å². The van der Waals surface area contributed by atoms with Gasteiger partial charge in [0.2, 0.25) is 0 Å². The maximum Gasteiger partial charge on any atom is 0.191 e. The molecule has 1 aliphatic heterocycles. The highest BCUT2D eigenvalue weighted by molar-refractivity contribution is 14.0. The lowest BCUT2D eigenvalue weighted by molar-refractivity contribution is 0.265. The van der Waals surface area contributed by atoms with Crippen molar-refractivity contribution in [3.63, 3.8) is 0 Å². The van der Waals surface area contributed by atoms with Gasteiger partial charge in [-0.15, -0.1) is 24.0 Å². The van der Waals surface area contributed by atoms with Gasteiger partial charge in [0.1, 0.15) is 11.5 Å². The Kier molecular flexibility index (Phi) is 10.8. The van der Waals surface area contributed by atoms with Crippen molar-refractivity contribution < 1.29 is 9.47 Å². The summed E-state index contributed by atoms with van der Waals surface area (Å²) < 4.78 is 10.9. The second-order valence-electron chi connectivity index (χ2n) is 7.15. The lowest BCUT2D eigenvalue weighted by atomic mass is 10.1. The molecule has 0 aliphatic carbocycles. The van der Waals surface area contributed by atoms with E-state index in [2.05, 4.69) is 41.3 Å². The molecule has 2 unspecified atom stereocenters. The molecule has 27 heavy (non-hydrogen) atoms. The van der Waals surface area contributed by atoms with Crippen molar-refractivity contribution in [3.05, 3.63) is 24.3 Å². The molecule has 2 atom stereocenters. The number of hydrogen-bond donors (Lipinski definition) is 2. The van der Waals surface area contributed by atoms with Crippen LogP contribution in [0.5, 0.6) is 11.5 Å². The van der Waals surface area contributed by atoms with Gasteiger partial charge in [-0.3, -0.25) is 9.89 Å². The van der Waals surface area contributed by atoms with Gasteiger partial charge in [-0.2, -0.15) is 0 Å². The SMILES string of the molecule is CN=C(NCCCOc1ccc(OC)cc1)NC1CN(C(C)C)CC1C.I. The quantitative estimate of drug-likeness (QED) is 0.254. The second kappa shape index (κ2) is 12.3. The number of methoxy groups -OCH3 is 1. The van der Waals surface area contributed by atoms with E-state index in [1.165, 1.54) is 0 Å². The van der Waals surface area contributed by atoms with E-state index in [9.17, 15) is 0 Å². The first-order chi connectivity index (χ1) is 12.5. The highest BCUT2D eigenvalue weighted by atomic mass is 127. The van der Waals surface area contributed by atoms with E-state index in [0.717, 1.165) is 43.5 Å². The highest BCUT2D eigenvalue weighted by Gasteiger charge is 2.31. The molecule has 0 saturated carbocycles. The topological polar surface area (TPSA) is 58.1 Å². The minimum absolute atomic E-state index is 0. The molecule has 1 saturated heterocycles. The first-order valence-electron chi connectivity index (χ1n) is 9.51. The first kappa shape index (κ1) is 23.8. The van der Waals surface area contributed by atoms with Crippen LogP contribution in [-0.2, 0) is 0 Å². The molecule has 0 bridgehead atoms. The third-order valence-corrected chi connectivity index (χ3v) is 4.86. The Morgan fingerprint density at radius 3 is 2.44 bits per heavy atom. The van der Waals surface area contributed by atoms with Crippen LogP contribution in [0.4, 0.5) is 0 Å². The number of guanidine groups is 1. The minimum atomic E-state index is 0. The van der Waals surface area contributed by atoms with Crippen LogP contribution in [0.1, 0.15) is 27.2 Å². The summed E-state index contributed by atoms with van der Waals surface area (Å²) in [5.74, 6) is 3.19. The molecule has 1 heterocycles. The van der Waals surface area contributed by atoms with Gasteiger partial charge in [-0.1, -0.05) is 6.92 Å². The number of aliphatic imine (C=N–C) groups is 1. The van der Waals surface area contributed by atoms with Crippen molar-refractivity contribution >= 4 is 29.9 Å². The molecule has 2 N–H and O–H groups in total. The summed E-state index contributed by atoms with van der Waals surface area (Å²) >= 11 is 0. The van der Waals surface area contributed by atoms with E-state index in [1.54, 1.807) is 7.11 Å². The molecule has 6 nitrogen and oxygen atoms in total. The zero-order chi connectivity index (χ0) is 18.9. The van der Waals surface area contributed by atoms with Gasteiger partial charge in [-0.05, 0) is 50.5 Å². The largest absolute Gasteiger partial charge is 0.497 e. The van der Waals surface area contributed by atoms with Crippen molar-refractivity contribution in [1.82, 2.24) is 15.5 Å². The van der Waals surface area contributed by atoms with Gasteiger partial charge < -0.3 is 20.1 Å². The molecule has 0 spiro atoms. The number of ether oxygens (including phenoxy) is 2. The lowest BCUT2D eigenvalue weighted by Gasteiger charge is -2.22. The van der Waals surface area contributed by atoms with Crippen LogP contribution < -0.4 is 20.1 Å². The summed E-state index contributed by atoms with van der Waals surface area (Å²) in [6, 6.07) is 8.70. The predicted octanol–water partition coefficient (Wildman–Crippen LogP) is 2.98. The molecular weight excluding hydrogens is 455 g/mol. The van der Waals surface area contributed by atoms with Crippen LogP contribution in [0, 0.1) is 5.92 Å². The molecule has 1 aromatic rings. The van der Waals surface area contributed by atoms with Gasteiger partial charge in [0.15, 0.2) is 5.96 Å². The zero-order valence-electron chi connectivity index (χ0n) is 17.2. The van der Waals surface area contributed by atoms with Gasteiger partial charge in [-0.25, -0.2) is 0 Å². The number of benzene rings is 1. The molecule has 1 fully saturated rings. The fourth-order valence-corrected chi connectivity index (χ4v) is 3.12. The molecular formula is C20H35IN4O2. The summed E-state index contributed by atoms with van der Waals surface area (Å²) in [4.78, 5) is 6.86. The van der Waals surface area contributed by atoms with Crippen LogP contribution in [0.15, 0.2) is 29.3 Å². The van der Waals surface area contributed by atoms with Crippen LogP contribution in [0.25, 0.3) is 0 Å². The molecule has 2 rings (SSSR count). The Labute approximate surface area is 181 Å². The maximum atomic E-state index is 5.75. The van der Waals surface area contributed by atoms with E-state index >= 15 is 0 Å². The molecule has 154 valence electrons. The van der Waals surface area contributed by atoms with Crippen molar-refractivity contribution in [2.45, 2.75) is 39.3 Å². The summed E-state index contributed by atoms with van der Waals surface area (Å²) in [5.41, 5.74) is 0. The standard InChI is InChI=1S/C20H34N4O2.HI/c1-15(2)24-13-16(3)19(14-24)23-20(21-4)22-11-6-12-26-18-9-7-17(25-5)8-10-18;/h7-10,15-16,19H,6,11-14H2,1-5H3,(H2,21,22,23);1H. The fraction of sp³-hybridized carbons (Fsp3) is 0.650. The van der Waals surface area contributed by atoms with Crippen molar-refractivity contribution in [1.29, 1.82) is 0 Å². The minimum Gasteiger partial charge on any atom is -0.497 e. The molecule has 1 aromatic carbocycles. The second-order valence-corrected chi connectivity index (χ2v) is 7.15. The van der Waals surface area contributed by atoms with E-state index in [4.69, 9.17) is 9.47 Å². The van der Waals surface area contributed by atoms with Gasteiger partial charge >= 0.3 is 0 Å². The average molecular weight is 490 g/mol. The molecule has 0 amide bonds. The van der Waals surface area contributed by atoms with Crippen molar-refractivity contribution in [2.24, 2.45) is 10.9 Å². The normalized spacial score (nSPS) is 20.3. The number of rotatable bonds is 8. The Balaban J connectivity index is 0.00000364. The summed E-state index contributed by atoms with van der Waals surface area (Å²) in [6.45, 7) is 10.5. The van der Waals surface area contributed by atoms with Gasteiger partial charge in [0, 0.05) is 38.8 Å². The van der Waals surface area contributed by atoms with Crippen LogP contribution >= 0.6 is 24.0 Å². The third-order valence-electron chi connectivity index (χ3n) is 4.86. The van der Waals surface area contributed by atoms with E-state index in [1.807, 2.05) is 31.3 Å². The monoisotopic (exact) mass is 490 g/mol. The van der Waals surface area contributed by atoms with Crippen LogP contribution in [-0.4, -0.2) is 63.3 Å². The fourth-order valence-electron chi connectivity index (χ4n) is 3.12. The lowest BCUT2D eigenvalue weighted by Crippen LogP contribution is -2.47. The average Bonchev–Trinajstić information content (AvgIpc) is 3.01. The number of nitrogens with zero attached hydrogens (tertiary/aromatic N) is 2. The van der Waals surface area contributed by atoms with Crippen LogP contribution in [0.3, 0.4) is 0 Å². The molecule has 7 heteroatoms. The van der Waals surface area contributed by atoms with E-state index in [0.29, 0.717) is 24.6 Å². The van der Waals surface area contributed by atoms with Crippen molar-refractivity contribution in [2.75, 3.05) is 40.4 Å². The molecule has 1 aliphatic rings. The molecule has 0 radical (unpaired) electrons. The first-order valence-corrected chi connectivity index (χ1v) is 9.51.